The van der Waals surface area contributed by atoms with E-state index in [1.807, 2.05) is 0 Å². The van der Waals surface area contributed by atoms with Gasteiger partial charge in [0.1, 0.15) is 11.6 Å². The van der Waals surface area contributed by atoms with Gasteiger partial charge in [-0.25, -0.2) is 4.39 Å². The molecule has 2 N–H and O–H groups in total. The molecule has 0 spiro atoms. The van der Waals surface area contributed by atoms with Crippen molar-refractivity contribution in [3.05, 3.63) is 29.0 Å². The molecule has 0 aliphatic rings. The Labute approximate surface area is 120 Å². The summed E-state index contributed by atoms with van der Waals surface area (Å²) in [4.78, 5) is 22.4. The van der Waals surface area contributed by atoms with Gasteiger partial charge in [0.05, 0.1) is 10.4 Å². The quantitative estimate of drug-likeness (QED) is 0.843. The van der Waals surface area contributed by atoms with Crippen LogP contribution in [0.5, 0.6) is 5.75 Å². The van der Waals surface area contributed by atoms with Crippen molar-refractivity contribution in [2.24, 2.45) is 5.41 Å². The Bertz CT molecular complexity index is 519. The van der Waals surface area contributed by atoms with E-state index in [-0.39, 0.29) is 23.9 Å². The molecule has 110 valence electrons. The maximum Gasteiger partial charge on any atom is 0.310 e. The number of halogens is 2. The highest BCUT2D eigenvalue weighted by molar-refractivity contribution is 6.32. The van der Waals surface area contributed by atoms with Gasteiger partial charge in [-0.1, -0.05) is 11.6 Å². The van der Waals surface area contributed by atoms with Crippen molar-refractivity contribution < 1.29 is 23.8 Å². The van der Waals surface area contributed by atoms with Crippen molar-refractivity contribution in [1.29, 1.82) is 0 Å². The van der Waals surface area contributed by atoms with Crippen molar-refractivity contribution in [3.63, 3.8) is 0 Å². The van der Waals surface area contributed by atoms with Gasteiger partial charge in [0.2, 0.25) is 0 Å². The Hall–Kier alpha value is -1.82. The molecule has 0 bridgehead atoms. The van der Waals surface area contributed by atoms with Gasteiger partial charge in [-0.2, -0.15) is 0 Å². The third-order valence-electron chi connectivity index (χ3n) is 2.56. The third-order valence-corrected chi connectivity index (χ3v) is 2.85. The first-order valence-electron chi connectivity index (χ1n) is 5.80. The summed E-state index contributed by atoms with van der Waals surface area (Å²) in [6, 6.07) is 3.54. The summed E-state index contributed by atoms with van der Waals surface area (Å²) in [5.74, 6) is -1.82. The zero-order valence-electron chi connectivity index (χ0n) is 11.1. The molecule has 0 heterocycles. The van der Waals surface area contributed by atoms with E-state index in [9.17, 15) is 14.0 Å². The van der Waals surface area contributed by atoms with Crippen LogP contribution in [0.15, 0.2) is 18.2 Å². The summed E-state index contributed by atoms with van der Waals surface area (Å²) < 4.78 is 17.9. The number of rotatable bonds is 6. The lowest BCUT2D eigenvalue weighted by Gasteiger charge is -2.19. The summed E-state index contributed by atoms with van der Waals surface area (Å²) >= 11 is 5.73. The minimum absolute atomic E-state index is 0.0261. The van der Waals surface area contributed by atoms with Crippen LogP contribution < -0.4 is 10.1 Å². The van der Waals surface area contributed by atoms with Crippen LogP contribution in [0.25, 0.3) is 0 Å². The second-order valence-electron chi connectivity index (χ2n) is 4.83. The number of carbonyl (C=O) groups excluding carboxylic acids is 1. The predicted molar refractivity (Wildman–Crippen MR) is 71.3 cm³/mol. The molecule has 0 radical (unpaired) electrons. The molecule has 1 rings (SSSR count). The monoisotopic (exact) mass is 303 g/mol. The molecule has 0 aliphatic carbocycles. The highest BCUT2D eigenvalue weighted by Crippen LogP contribution is 2.24. The predicted octanol–water partition coefficient (Wildman–Crippen LogP) is 2.08. The molecule has 1 aromatic rings. The molecule has 20 heavy (non-hydrogen) atoms. The van der Waals surface area contributed by atoms with Crippen molar-refractivity contribution in [3.8, 4) is 5.75 Å². The van der Waals surface area contributed by atoms with Gasteiger partial charge in [0.15, 0.2) is 6.61 Å². The Morgan fingerprint density at radius 2 is 2.10 bits per heavy atom. The van der Waals surface area contributed by atoms with Crippen LogP contribution in [0, 0.1) is 11.2 Å². The number of carboxylic acids is 1. The van der Waals surface area contributed by atoms with Crippen LogP contribution in [0.4, 0.5) is 4.39 Å². The fourth-order valence-electron chi connectivity index (χ4n) is 1.18. The van der Waals surface area contributed by atoms with Crippen molar-refractivity contribution in [2.45, 2.75) is 13.8 Å². The van der Waals surface area contributed by atoms with Crippen LogP contribution in [-0.4, -0.2) is 30.1 Å². The minimum atomic E-state index is -1.07. The summed E-state index contributed by atoms with van der Waals surface area (Å²) in [7, 11) is 0. The molecule has 1 aromatic carbocycles. The van der Waals surface area contributed by atoms with Gasteiger partial charge in [0.25, 0.3) is 5.91 Å². The van der Waals surface area contributed by atoms with Crippen LogP contribution in [-0.2, 0) is 9.59 Å². The van der Waals surface area contributed by atoms with E-state index in [0.717, 1.165) is 12.1 Å². The molecule has 0 fully saturated rings. The number of amides is 1. The molecule has 0 aromatic heterocycles. The normalized spacial score (nSPS) is 11.0. The van der Waals surface area contributed by atoms with Crippen LogP contribution in [0.1, 0.15) is 13.8 Å². The van der Waals surface area contributed by atoms with Gasteiger partial charge < -0.3 is 15.2 Å². The number of carboxylic acid groups (broad SMARTS) is 1. The number of nitrogens with one attached hydrogen (secondary N) is 1. The van der Waals surface area contributed by atoms with Gasteiger partial charge in [-0.15, -0.1) is 0 Å². The fraction of sp³-hybridized carbons (Fsp3) is 0.385. The van der Waals surface area contributed by atoms with Crippen molar-refractivity contribution in [2.75, 3.05) is 13.2 Å². The van der Waals surface area contributed by atoms with E-state index in [1.165, 1.54) is 19.9 Å². The first kappa shape index (κ1) is 16.2. The zero-order valence-corrected chi connectivity index (χ0v) is 11.8. The van der Waals surface area contributed by atoms with Gasteiger partial charge >= 0.3 is 5.97 Å². The maximum absolute atomic E-state index is 12.8. The smallest absolute Gasteiger partial charge is 0.310 e. The average Bonchev–Trinajstić information content (AvgIpc) is 2.35. The molecular weight excluding hydrogens is 289 g/mol. The zero-order chi connectivity index (χ0) is 15.3. The topological polar surface area (TPSA) is 75.6 Å². The first-order valence-corrected chi connectivity index (χ1v) is 6.18. The third kappa shape index (κ3) is 4.70. The lowest BCUT2D eigenvalue weighted by molar-refractivity contribution is -0.146. The molecule has 0 saturated heterocycles. The SMILES string of the molecule is CC(C)(CNC(=O)COc1ccc(F)cc1Cl)C(=O)O. The number of hydrogen-bond acceptors (Lipinski definition) is 3. The van der Waals surface area contributed by atoms with Gasteiger partial charge in [-0.3, -0.25) is 9.59 Å². The van der Waals surface area contributed by atoms with E-state index in [2.05, 4.69) is 5.32 Å². The fourth-order valence-corrected chi connectivity index (χ4v) is 1.40. The van der Waals surface area contributed by atoms with Crippen LogP contribution in [0.3, 0.4) is 0 Å². The largest absolute Gasteiger partial charge is 0.482 e. The Balaban J connectivity index is 2.46. The Morgan fingerprint density at radius 3 is 2.65 bits per heavy atom. The van der Waals surface area contributed by atoms with E-state index in [0.29, 0.717) is 0 Å². The second-order valence-corrected chi connectivity index (χ2v) is 5.24. The average molecular weight is 304 g/mol. The minimum Gasteiger partial charge on any atom is -0.482 e. The summed E-state index contributed by atoms with van der Waals surface area (Å²) in [5.41, 5.74) is -1.07. The molecule has 0 aliphatic heterocycles. The van der Waals surface area contributed by atoms with Gasteiger partial charge in [-0.05, 0) is 32.0 Å². The summed E-state index contributed by atoms with van der Waals surface area (Å²) in [6.45, 7) is 2.63. The lowest BCUT2D eigenvalue weighted by atomic mass is 9.94. The second kappa shape index (κ2) is 6.56. The van der Waals surface area contributed by atoms with Crippen molar-refractivity contribution in [1.82, 2.24) is 5.32 Å². The molecule has 0 saturated carbocycles. The van der Waals surface area contributed by atoms with E-state index >= 15 is 0 Å². The molecular formula is C13H15ClFNO4. The number of hydrogen-bond donors (Lipinski definition) is 2. The highest BCUT2D eigenvalue weighted by Gasteiger charge is 2.27. The highest BCUT2D eigenvalue weighted by atomic mass is 35.5. The maximum atomic E-state index is 12.8. The molecule has 1 amide bonds. The van der Waals surface area contributed by atoms with E-state index in [4.69, 9.17) is 21.4 Å². The number of aliphatic carboxylic acids is 1. The number of benzene rings is 1. The summed E-state index contributed by atoms with van der Waals surface area (Å²) in [6.07, 6.45) is 0. The van der Waals surface area contributed by atoms with Crippen molar-refractivity contribution >= 4 is 23.5 Å². The first-order chi connectivity index (χ1) is 9.22. The van der Waals surface area contributed by atoms with Crippen LogP contribution in [0.2, 0.25) is 5.02 Å². The molecule has 0 unspecified atom stereocenters. The Morgan fingerprint density at radius 1 is 1.45 bits per heavy atom. The standard InChI is InChI=1S/C13H15ClFNO4/c1-13(2,12(18)19)7-16-11(17)6-20-10-4-3-8(15)5-9(10)14/h3-5H,6-7H2,1-2H3,(H,16,17)(H,18,19). The lowest BCUT2D eigenvalue weighted by Crippen LogP contribution is -2.40. The Kier molecular flexibility index (Phi) is 5.33. The van der Waals surface area contributed by atoms with E-state index < -0.39 is 23.1 Å². The number of ether oxygens (including phenoxy) is 1. The summed E-state index contributed by atoms with van der Waals surface area (Å²) in [5, 5.41) is 11.4. The van der Waals surface area contributed by atoms with Crippen LogP contribution >= 0.6 is 11.6 Å². The van der Waals surface area contributed by atoms with E-state index in [1.54, 1.807) is 0 Å². The number of carbonyl (C=O) groups is 2. The molecule has 7 heteroatoms. The molecule has 0 atom stereocenters. The molecule has 5 nitrogen and oxygen atoms in total. The van der Waals surface area contributed by atoms with Gasteiger partial charge in [0, 0.05) is 6.54 Å².